The zero-order chi connectivity index (χ0) is 52.7. The summed E-state index contributed by atoms with van der Waals surface area (Å²) in [5, 5.41) is 0. The maximum absolute atomic E-state index is 6.92. The molecule has 6 heterocycles. The molecule has 6 aliphatic rings. The van der Waals surface area contributed by atoms with E-state index in [1.54, 1.807) is 0 Å². The van der Waals surface area contributed by atoms with Crippen molar-refractivity contribution in [3.05, 3.63) is 197 Å². The molecule has 0 radical (unpaired) electrons. The van der Waals surface area contributed by atoms with E-state index in [2.05, 4.69) is 215 Å². The SMILES string of the molecule is CC(C)(C)c1ccc2c(c1)B1c3cc(C(C)(c4ccc5c(c4)B4c6cc(C(C)(C)C)ccc6Oc6cccc(c64)O5)c4ccc5c(c4)B4c6cc(C(C)(C)C)ccc6Oc6cccc(c64)O5)ccc3Oc3cccc(c31)O2. The molecule has 0 spiro atoms. The Kier molecular flexibility index (Phi) is 9.49. The predicted molar refractivity (Wildman–Crippen MR) is 314 cm³/mol. The van der Waals surface area contributed by atoms with Gasteiger partial charge >= 0.3 is 0 Å². The van der Waals surface area contributed by atoms with Gasteiger partial charge in [0.15, 0.2) is 0 Å². The normalized spacial score (nSPS) is 14.6. The van der Waals surface area contributed by atoms with Gasteiger partial charge in [-0.1, -0.05) is 153 Å². The lowest BCUT2D eigenvalue weighted by atomic mass is 9.34. The van der Waals surface area contributed by atoms with E-state index < -0.39 is 5.41 Å². The van der Waals surface area contributed by atoms with E-state index >= 15 is 0 Å². The summed E-state index contributed by atoms with van der Waals surface area (Å²) in [5.41, 5.74) is 16.1. The molecule has 0 saturated carbocycles. The summed E-state index contributed by atoms with van der Waals surface area (Å²) in [6, 6.07) is 59.4. The molecule has 77 heavy (non-hydrogen) atoms. The molecule has 9 heteroatoms. The maximum atomic E-state index is 6.92. The van der Waals surface area contributed by atoms with E-state index in [0.29, 0.717) is 0 Å². The summed E-state index contributed by atoms with van der Waals surface area (Å²) in [4.78, 5) is 0. The summed E-state index contributed by atoms with van der Waals surface area (Å²) in [6.07, 6.45) is 0. The molecule has 0 amide bonds. The van der Waals surface area contributed by atoms with E-state index in [4.69, 9.17) is 28.4 Å². The Bertz CT molecular complexity index is 3610. The summed E-state index contributed by atoms with van der Waals surface area (Å²) in [6.45, 7) is 22.5. The fourth-order valence-corrected chi connectivity index (χ4v) is 13.1. The predicted octanol–water partition coefficient (Wildman–Crippen LogP) is 11.1. The van der Waals surface area contributed by atoms with Crippen LogP contribution >= 0.6 is 0 Å². The van der Waals surface area contributed by atoms with Crippen LogP contribution in [0.5, 0.6) is 69.0 Å². The number of hydrogen-bond acceptors (Lipinski definition) is 6. The molecule has 0 saturated heterocycles. The molecular formula is C68H57B3O6. The molecule has 0 N–H and O–H groups in total. The van der Waals surface area contributed by atoms with Gasteiger partial charge in [0.05, 0.1) is 0 Å². The summed E-state index contributed by atoms with van der Waals surface area (Å²) >= 11 is 0. The van der Waals surface area contributed by atoms with Crippen LogP contribution in [0.3, 0.4) is 0 Å². The molecule has 0 fully saturated rings. The van der Waals surface area contributed by atoms with Gasteiger partial charge in [0, 0.05) is 21.8 Å². The van der Waals surface area contributed by atoms with Crippen LogP contribution in [0.1, 0.15) is 103 Å². The molecule has 0 bridgehead atoms. The number of benzene rings is 9. The number of ether oxygens (including phenoxy) is 6. The van der Waals surface area contributed by atoms with Crippen LogP contribution in [0, 0.1) is 0 Å². The Hall–Kier alpha value is -8.03. The monoisotopic (exact) mass is 1000 g/mol. The largest absolute Gasteiger partial charge is 0.458 e. The molecule has 9 aromatic carbocycles. The number of fused-ring (bicyclic) bond motifs is 12. The average molecular weight is 1000 g/mol. The topological polar surface area (TPSA) is 55.4 Å². The minimum atomic E-state index is -0.762. The Balaban J connectivity index is 0.974. The number of rotatable bonds is 3. The van der Waals surface area contributed by atoms with Gasteiger partial charge in [-0.2, -0.15) is 0 Å². The smallest absolute Gasteiger partial charge is 0.260 e. The van der Waals surface area contributed by atoms with Crippen LogP contribution in [-0.2, 0) is 21.7 Å². The van der Waals surface area contributed by atoms with Crippen molar-refractivity contribution in [2.24, 2.45) is 0 Å². The first-order valence-electron chi connectivity index (χ1n) is 27.2. The third kappa shape index (κ3) is 6.84. The van der Waals surface area contributed by atoms with Crippen molar-refractivity contribution in [3.63, 3.8) is 0 Å². The van der Waals surface area contributed by atoms with Gasteiger partial charge in [-0.15, -0.1) is 0 Å². The zero-order valence-electron chi connectivity index (χ0n) is 45.3. The standard InChI is InChI=1S/C68H57B3O6/c1-65(2,3)38-20-26-50-44(32-38)69-47-35-41(23-29-53(47)75-59-17-11-14-56(72-50)62(59)69)68(10,42-24-30-54-48(36-42)70-45-33-39(66(4,5)6)21-27-51(45)73-57-15-12-18-60(76-54)63(57)70)43-25-31-55-49(37-43)71-46-34-40(67(7,8)9)22-28-52(46)74-58-16-13-19-61(77-55)64(58)71/h11-37H,1-10H3. The highest BCUT2D eigenvalue weighted by atomic mass is 16.5. The average Bonchev–Trinajstić information content (AvgIpc) is 3.46. The first kappa shape index (κ1) is 46.3. The highest BCUT2D eigenvalue weighted by Gasteiger charge is 2.47. The summed E-state index contributed by atoms with van der Waals surface area (Å²) < 4.78 is 41.0. The molecule has 6 nitrogen and oxygen atoms in total. The molecule has 15 rings (SSSR count). The third-order valence-electron chi connectivity index (χ3n) is 17.5. The van der Waals surface area contributed by atoms with Crippen molar-refractivity contribution in [2.75, 3.05) is 0 Å². The second-order valence-corrected chi connectivity index (χ2v) is 25.3. The van der Waals surface area contributed by atoms with Gasteiger partial charge in [-0.3, -0.25) is 0 Å². The second kappa shape index (κ2) is 15.8. The maximum Gasteiger partial charge on any atom is 0.260 e. The van der Waals surface area contributed by atoms with Gasteiger partial charge in [0.25, 0.3) is 20.1 Å². The van der Waals surface area contributed by atoms with Crippen LogP contribution in [0.15, 0.2) is 164 Å². The Morgan fingerprint density at radius 1 is 0.234 bits per heavy atom. The molecule has 0 unspecified atom stereocenters. The van der Waals surface area contributed by atoms with Gasteiger partial charge < -0.3 is 28.4 Å². The molecule has 0 aromatic heterocycles. The Morgan fingerprint density at radius 3 is 0.636 bits per heavy atom. The van der Waals surface area contributed by atoms with Gasteiger partial charge in [-0.05, 0) is 162 Å². The molecule has 9 aromatic rings. The number of hydrogen-bond donors (Lipinski definition) is 0. The van der Waals surface area contributed by atoms with Crippen molar-refractivity contribution in [1.82, 2.24) is 0 Å². The van der Waals surface area contributed by atoms with Crippen LogP contribution in [0.25, 0.3) is 0 Å². The van der Waals surface area contributed by atoms with Gasteiger partial charge in [-0.25, -0.2) is 0 Å². The van der Waals surface area contributed by atoms with Crippen molar-refractivity contribution in [2.45, 2.75) is 90.9 Å². The molecule has 6 aliphatic heterocycles. The Labute approximate surface area is 452 Å². The molecular weight excluding hydrogens is 945 g/mol. The van der Waals surface area contributed by atoms with Crippen molar-refractivity contribution < 1.29 is 28.4 Å². The van der Waals surface area contributed by atoms with Crippen molar-refractivity contribution >= 4 is 69.3 Å². The van der Waals surface area contributed by atoms with E-state index in [0.717, 1.165) is 135 Å². The third-order valence-corrected chi connectivity index (χ3v) is 17.5. The minimum absolute atomic E-state index is 0.0727. The lowest BCUT2D eigenvalue weighted by molar-refractivity contribution is 0.463. The second-order valence-electron chi connectivity index (χ2n) is 25.3. The highest BCUT2D eigenvalue weighted by Crippen LogP contribution is 2.45. The van der Waals surface area contributed by atoms with Gasteiger partial charge in [0.2, 0.25) is 0 Å². The van der Waals surface area contributed by atoms with Crippen LogP contribution in [0.2, 0.25) is 0 Å². The first-order chi connectivity index (χ1) is 36.9. The summed E-state index contributed by atoms with van der Waals surface area (Å²) in [5.74, 6) is 10.1. The van der Waals surface area contributed by atoms with Gasteiger partial charge in [0.1, 0.15) is 69.0 Å². The van der Waals surface area contributed by atoms with Crippen LogP contribution < -0.4 is 77.6 Å². The lowest BCUT2D eigenvalue weighted by Gasteiger charge is -2.39. The summed E-state index contributed by atoms with van der Waals surface area (Å²) in [7, 11) is 0. The van der Waals surface area contributed by atoms with E-state index in [1.807, 2.05) is 18.2 Å². The van der Waals surface area contributed by atoms with Crippen LogP contribution in [-0.4, -0.2) is 20.1 Å². The molecule has 0 atom stereocenters. The van der Waals surface area contributed by atoms with Crippen molar-refractivity contribution in [1.29, 1.82) is 0 Å². The minimum Gasteiger partial charge on any atom is -0.458 e. The fourth-order valence-electron chi connectivity index (χ4n) is 13.1. The van der Waals surface area contributed by atoms with Crippen molar-refractivity contribution in [3.8, 4) is 69.0 Å². The fraction of sp³-hybridized carbons (Fsp3) is 0.206. The van der Waals surface area contributed by atoms with Crippen LogP contribution in [0.4, 0.5) is 0 Å². The first-order valence-corrected chi connectivity index (χ1v) is 27.2. The van der Waals surface area contributed by atoms with E-state index in [1.165, 1.54) is 16.7 Å². The molecule has 0 aliphatic carbocycles. The zero-order valence-corrected chi connectivity index (χ0v) is 45.3. The quantitative estimate of drug-likeness (QED) is 0.130. The lowest BCUT2D eigenvalue weighted by Crippen LogP contribution is -2.58. The highest BCUT2D eigenvalue weighted by molar-refractivity contribution is 6.99. The van der Waals surface area contributed by atoms with E-state index in [9.17, 15) is 0 Å². The Morgan fingerprint density at radius 2 is 0.429 bits per heavy atom. The molecule has 374 valence electrons. The van der Waals surface area contributed by atoms with E-state index in [-0.39, 0.29) is 36.4 Å².